The van der Waals surface area contributed by atoms with Gasteiger partial charge in [0.2, 0.25) is 5.95 Å². The highest BCUT2D eigenvalue weighted by molar-refractivity contribution is 6.40. The molecule has 0 saturated carbocycles. The summed E-state index contributed by atoms with van der Waals surface area (Å²) < 4.78 is 7.17. The van der Waals surface area contributed by atoms with Gasteiger partial charge in [-0.2, -0.15) is 9.67 Å². The molecule has 1 heterocycles. The smallest absolute Gasteiger partial charge is 0.229 e. The van der Waals surface area contributed by atoms with Crippen molar-refractivity contribution in [1.29, 1.82) is 0 Å². The second kappa shape index (κ2) is 7.48. The first-order valence-corrected chi connectivity index (χ1v) is 8.81. The molecular weight excluding hydrogens is 371 g/mol. The van der Waals surface area contributed by atoms with Crippen molar-refractivity contribution in [3.8, 4) is 5.69 Å². The number of nitrogens with zero attached hydrogens (tertiary/aromatic N) is 4. The van der Waals surface area contributed by atoms with Crippen molar-refractivity contribution in [1.82, 2.24) is 14.8 Å². The molecule has 0 spiro atoms. The zero-order valence-electron chi connectivity index (χ0n) is 14.4. The maximum atomic E-state index is 6.38. The fraction of sp³-hybridized carbons (Fsp3) is 0.500. The molecule has 0 saturated heterocycles. The molecule has 0 bridgehead atoms. The predicted molar refractivity (Wildman–Crippen MR) is 100.0 cm³/mol. The van der Waals surface area contributed by atoms with Crippen molar-refractivity contribution in [2.24, 2.45) is 0 Å². The Balaban J connectivity index is 2.73. The van der Waals surface area contributed by atoms with E-state index in [9.17, 15) is 0 Å². The lowest BCUT2D eigenvalue weighted by Gasteiger charge is -2.20. The molecule has 0 aliphatic carbocycles. The molecule has 2 aromatic rings. The van der Waals surface area contributed by atoms with E-state index in [1.165, 1.54) is 0 Å². The fourth-order valence-electron chi connectivity index (χ4n) is 2.25. The van der Waals surface area contributed by atoms with E-state index in [0.717, 1.165) is 13.1 Å². The van der Waals surface area contributed by atoms with E-state index < -0.39 is 5.60 Å². The summed E-state index contributed by atoms with van der Waals surface area (Å²) in [7, 11) is 1.63. The third-order valence-electron chi connectivity index (χ3n) is 3.88. The maximum Gasteiger partial charge on any atom is 0.229 e. The molecular formula is C16H21Cl3N4O. The molecule has 0 aliphatic heterocycles. The van der Waals surface area contributed by atoms with Crippen LogP contribution in [0.5, 0.6) is 0 Å². The summed E-state index contributed by atoms with van der Waals surface area (Å²) in [6.45, 7) is 9.45. The van der Waals surface area contributed by atoms with Gasteiger partial charge in [0.15, 0.2) is 5.82 Å². The summed E-state index contributed by atoms with van der Waals surface area (Å²) in [5.74, 6) is 1.21. The highest BCUT2D eigenvalue weighted by Gasteiger charge is 2.29. The van der Waals surface area contributed by atoms with Crippen molar-refractivity contribution in [3.63, 3.8) is 0 Å². The Morgan fingerprint density at radius 1 is 1.12 bits per heavy atom. The van der Waals surface area contributed by atoms with E-state index in [1.807, 2.05) is 13.8 Å². The average molecular weight is 392 g/mol. The molecule has 2 rings (SSSR count). The van der Waals surface area contributed by atoms with Gasteiger partial charge in [0.1, 0.15) is 11.3 Å². The van der Waals surface area contributed by atoms with E-state index in [-0.39, 0.29) is 0 Å². The molecule has 1 aromatic heterocycles. The second-order valence-electron chi connectivity index (χ2n) is 5.75. The summed E-state index contributed by atoms with van der Waals surface area (Å²) in [5.41, 5.74) is -0.0892. The van der Waals surface area contributed by atoms with Crippen LogP contribution in [0.15, 0.2) is 12.1 Å². The van der Waals surface area contributed by atoms with Crippen LogP contribution in [-0.2, 0) is 10.3 Å². The fourth-order valence-corrected chi connectivity index (χ4v) is 3.23. The lowest BCUT2D eigenvalue weighted by atomic mass is 10.1. The predicted octanol–water partition coefficient (Wildman–Crippen LogP) is 4.96. The number of methoxy groups -OCH3 is 1. The first-order chi connectivity index (χ1) is 11.2. The van der Waals surface area contributed by atoms with Crippen LogP contribution >= 0.6 is 34.8 Å². The number of ether oxygens (including phenoxy) is 1. The molecule has 8 heteroatoms. The van der Waals surface area contributed by atoms with Gasteiger partial charge in [-0.3, -0.25) is 0 Å². The van der Waals surface area contributed by atoms with Gasteiger partial charge in [-0.25, -0.2) is 0 Å². The number of hydrogen-bond donors (Lipinski definition) is 0. The van der Waals surface area contributed by atoms with Crippen molar-refractivity contribution < 1.29 is 4.74 Å². The van der Waals surface area contributed by atoms with Crippen LogP contribution in [0, 0.1) is 0 Å². The summed E-state index contributed by atoms with van der Waals surface area (Å²) >= 11 is 18.8. The number of hydrogen-bond acceptors (Lipinski definition) is 4. The Morgan fingerprint density at radius 2 is 1.67 bits per heavy atom. The van der Waals surface area contributed by atoms with E-state index in [0.29, 0.717) is 32.5 Å². The number of anilines is 1. The zero-order chi connectivity index (χ0) is 18.1. The standard InChI is InChI=1S/C16H21Cl3N4O/c1-6-22(7-2)15-20-14(16(3,4)24-5)21-23(15)13-11(18)8-10(17)9-12(13)19/h8-9H,6-7H2,1-5H3. The minimum atomic E-state index is -0.640. The molecule has 0 aliphatic rings. The molecule has 0 atom stereocenters. The molecule has 1 aromatic carbocycles. The topological polar surface area (TPSA) is 43.2 Å². The molecule has 0 fully saturated rings. The maximum absolute atomic E-state index is 6.38. The van der Waals surface area contributed by atoms with Crippen LogP contribution in [0.1, 0.15) is 33.5 Å². The van der Waals surface area contributed by atoms with Gasteiger partial charge in [0.05, 0.1) is 10.0 Å². The zero-order valence-corrected chi connectivity index (χ0v) is 16.7. The van der Waals surface area contributed by atoms with Gasteiger partial charge in [-0.1, -0.05) is 34.8 Å². The van der Waals surface area contributed by atoms with Crippen molar-refractivity contribution >= 4 is 40.8 Å². The Labute approximate surface area is 157 Å². The SMILES string of the molecule is CCN(CC)c1nc(C(C)(C)OC)nn1-c1c(Cl)cc(Cl)cc1Cl. The number of halogens is 3. The van der Waals surface area contributed by atoms with Gasteiger partial charge >= 0.3 is 0 Å². The monoisotopic (exact) mass is 390 g/mol. The molecule has 0 N–H and O–H groups in total. The lowest BCUT2D eigenvalue weighted by molar-refractivity contribution is 0.0116. The second-order valence-corrected chi connectivity index (χ2v) is 7.00. The van der Waals surface area contributed by atoms with Gasteiger partial charge in [-0.15, -0.1) is 5.10 Å². The van der Waals surface area contributed by atoms with E-state index in [4.69, 9.17) is 39.5 Å². The van der Waals surface area contributed by atoms with Gasteiger partial charge in [0.25, 0.3) is 0 Å². The quantitative estimate of drug-likeness (QED) is 0.698. The summed E-state index contributed by atoms with van der Waals surface area (Å²) in [5, 5.41) is 5.91. The molecule has 5 nitrogen and oxygen atoms in total. The van der Waals surface area contributed by atoms with Gasteiger partial charge in [-0.05, 0) is 39.8 Å². The minimum absolute atomic E-state index is 0.410. The highest BCUT2D eigenvalue weighted by atomic mass is 35.5. The van der Waals surface area contributed by atoms with Crippen LogP contribution in [-0.4, -0.2) is 35.0 Å². The van der Waals surface area contributed by atoms with Crippen LogP contribution < -0.4 is 4.90 Å². The van der Waals surface area contributed by atoms with Crippen LogP contribution in [0.25, 0.3) is 5.69 Å². The Hall–Kier alpha value is -1.01. The first kappa shape index (κ1) is 19.3. The summed E-state index contributed by atoms with van der Waals surface area (Å²) in [6.07, 6.45) is 0. The third-order valence-corrected chi connectivity index (χ3v) is 4.67. The van der Waals surface area contributed by atoms with Gasteiger partial charge < -0.3 is 9.64 Å². The lowest BCUT2D eigenvalue weighted by Crippen LogP contribution is -2.25. The molecule has 0 amide bonds. The molecule has 132 valence electrons. The van der Waals surface area contributed by atoms with Crippen molar-refractivity contribution in [2.75, 3.05) is 25.1 Å². The van der Waals surface area contributed by atoms with Crippen molar-refractivity contribution in [2.45, 2.75) is 33.3 Å². The minimum Gasteiger partial charge on any atom is -0.371 e. The highest BCUT2D eigenvalue weighted by Crippen LogP contribution is 2.35. The normalized spacial score (nSPS) is 11.8. The largest absolute Gasteiger partial charge is 0.371 e. The van der Waals surface area contributed by atoms with E-state index >= 15 is 0 Å². The Bertz CT molecular complexity index is 703. The first-order valence-electron chi connectivity index (χ1n) is 7.67. The third kappa shape index (κ3) is 3.64. The van der Waals surface area contributed by atoms with Crippen LogP contribution in [0.3, 0.4) is 0 Å². The van der Waals surface area contributed by atoms with Gasteiger partial charge in [0, 0.05) is 25.2 Å². The summed E-state index contributed by atoms with van der Waals surface area (Å²) in [6, 6.07) is 3.28. The number of aromatic nitrogens is 3. The van der Waals surface area contributed by atoms with E-state index in [1.54, 1.807) is 23.9 Å². The molecule has 0 unspecified atom stereocenters. The van der Waals surface area contributed by atoms with E-state index in [2.05, 4.69) is 28.8 Å². The Morgan fingerprint density at radius 3 is 2.12 bits per heavy atom. The van der Waals surface area contributed by atoms with Crippen LogP contribution in [0.2, 0.25) is 15.1 Å². The van der Waals surface area contributed by atoms with Crippen molar-refractivity contribution in [3.05, 3.63) is 33.0 Å². The molecule has 24 heavy (non-hydrogen) atoms. The average Bonchev–Trinajstić information content (AvgIpc) is 2.93. The number of rotatable bonds is 6. The Kier molecular flexibility index (Phi) is 6.02. The van der Waals surface area contributed by atoms with Crippen LogP contribution in [0.4, 0.5) is 5.95 Å². The number of benzene rings is 1. The molecule has 0 radical (unpaired) electrons. The summed E-state index contributed by atoms with van der Waals surface area (Å²) in [4.78, 5) is 6.75.